The van der Waals surface area contributed by atoms with Crippen LogP contribution in [0.4, 0.5) is 15.5 Å². The zero-order valence-electron chi connectivity index (χ0n) is 18.4. The molecule has 9 nitrogen and oxygen atoms in total. The number of carboxylic acids is 1. The van der Waals surface area contributed by atoms with Gasteiger partial charge < -0.3 is 19.6 Å². The summed E-state index contributed by atoms with van der Waals surface area (Å²) in [4.78, 5) is 36.7. The summed E-state index contributed by atoms with van der Waals surface area (Å²) in [5.74, 6) is -2.23. The summed E-state index contributed by atoms with van der Waals surface area (Å²) in [7, 11) is 0. The quantitative estimate of drug-likeness (QED) is 0.332. The Morgan fingerprint density at radius 2 is 1.69 bits per heavy atom. The second-order valence-electron chi connectivity index (χ2n) is 7.85. The molecular weight excluding hydrogens is 470 g/mol. The van der Waals surface area contributed by atoms with Crippen LogP contribution in [0, 0.1) is 6.92 Å². The first-order chi connectivity index (χ1) is 16.9. The first-order valence-electron chi connectivity index (χ1n) is 10.6. The monoisotopic (exact) mass is 489 g/mol. The number of carbonyl (C=O) groups is 3. The van der Waals surface area contributed by atoms with Crippen LogP contribution in [0.5, 0.6) is 0 Å². The number of ether oxygens (including phenoxy) is 1. The van der Waals surface area contributed by atoms with E-state index < -0.39 is 18.0 Å². The van der Waals surface area contributed by atoms with Gasteiger partial charge in [0.1, 0.15) is 17.2 Å². The zero-order valence-corrected chi connectivity index (χ0v) is 19.2. The number of rotatable bonds is 6. The minimum absolute atomic E-state index is 0.0727. The normalized spacial score (nSPS) is 12.0. The van der Waals surface area contributed by atoms with E-state index in [9.17, 15) is 19.5 Å². The van der Waals surface area contributed by atoms with Crippen molar-refractivity contribution in [1.82, 2.24) is 4.37 Å². The fraction of sp³-hybridized carbons (Fsp3) is 0.120. The number of carbonyl (C=O) groups excluding carboxylic acids is 2. The van der Waals surface area contributed by atoms with Gasteiger partial charge in [0.2, 0.25) is 5.76 Å². The maximum atomic E-state index is 12.7. The van der Waals surface area contributed by atoms with Gasteiger partial charge in [-0.1, -0.05) is 48.5 Å². The van der Waals surface area contributed by atoms with E-state index in [2.05, 4.69) is 15.0 Å². The summed E-state index contributed by atoms with van der Waals surface area (Å²) in [6, 6.07) is 17.4. The summed E-state index contributed by atoms with van der Waals surface area (Å²) < 4.78 is 14.7. The molecule has 0 fully saturated rings. The average Bonchev–Trinajstić information content (AvgIpc) is 3.53. The van der Waals surface area contributed by atoms with Crippen molar-refractivity contribution in [2.24, 2.45) is 0 Å². The van der Waals surface area contributed by atoms with Crippen LogP contribution in [-0.2, 0) is 4.74 Å². The molecular formula is C25H19N3O6S. The van der Waals surface area contributed by atoms with E-state index in [0.717, 1.165) is 33.8 Å². The van der Waals surface area contributed by atoms with Gasteiger partial charge in [-0.05, 0) is 40.7 Å². The second-order valence-corrected chi connectivity index (χ2v) is 8.62. The number of furan rings is 1. The lowest BCUT2D eigenvalue weighted by Crippen LogP contribution is -2.20. The van der Waals surface area contributed by atoms with E-state index in [1.165, 1.54) is 19.3 Å². The van der Waals surface area contributed by atoms with Gasteiger partial charge in [0, 0.05) is 12.0 Å². The van der Waals surface area contributed by atoms with Gasteiger partial charge in [-0.3, -0.25) is 10.1 Å². The van der Waals surface area contributed by atoms with Crippen molar-refractivity contribution < 1.29 is 28.6 Å². The Hall–Kier alpha value is -4.44. The van der Waals surface area contributed by atoms with E-state index in [0.29, 0.717) is 0 Å². The molecule has 2 aromatic heterocycles. The Morgan fingerprint density at radius 3 is 2.34 bits per heavy atom. The molecule has 35 heavy (non-hydrogen) atoms. The molecule has 0 bridgehead atoms. The average molecular weight is 490 g/mol. The minimum atomic E-state index is -1.21. The Bertz CT molecular complexity index is 1410. The van der Waals surface area contributed by atoms with Crippen molar-refractivity contribution in [3.05, 3.63) is 89.0 Å². The topological polar surface area (TPSA) is 131 Å². The Balaban J connectivity index is 1.27. The lowest BCUT2D eigenvalue weighted by Gasteiger charge is -2.14. The Labute approximate surface area is 203 Å². The number of nitrogens with one attached hydrogen (secondary N) is 2. The molecule has 10 heteroatoms. The van der Waals surface area contributed by atoms with Crippen molar-refractivity contribution in [3.8, 4) is 11.1 Å². The lowest BCUT2D eigenvalue weighted by molar-refractivity contribution is 0.0697. The molecule has 0 radical (unpaired) electrons. The van der Waals surface area contributed by atoms with Gasteiger partial charge in [-0.15, -0.1) is 0 Å². The standard InChI is InChI=1S/C25H19N3O6S/c1-13-20(24(30)31)23(35-28-13)27-22(29)21-19(10-11-33-21)26-25(32)34-12-18-16-8-4-2-6-14(16)15-7-3-5-9-17(15)18/h2-11,18H,12H2,1H3,(H,26,32)(H,27,29)(H,30,31). The molecule has 0 aliphatic heterocycles. The third kappa shape index (κ3) is 4.15. The summed E-state index contributed by atoms with van der Waals surface area (Å²) >= 11 is 0.844. The third-order valence-corrected chi connectivity index (χ3v) is 6.61. The smallest absolute Gasteiger partial charge is 0.411 e. The highest BCUT2D eigenvalue weighted by molar-refractivity contribution is 7.11. The van der Waals surface area contributed by atoms with Crippen LogP contribution in [0.1, 0.15) is 43.7 Å². The van der Waals surface area contributed by atoms with Gasteiger partial charge in [0.15, 0.2) is 0 Å². The number of aromatic nitrogens is 1. The lowest BCUT2D eigenvalue weighted by atomic mass is 9.98. The first kappa shape index (κ1) is 22.4. The predicted molar refractivity (Wildman–Crippen MR) is 129 cm³/mol. The largest absolute Gasteiger partial charge is 0.478 e. The summed E-state index contributed by atoms with van der Waals surface area (Å²) in [5.41, 5.74) is 4.68. The van der Waals surface area contributed by atoms with Gasteiger partial charge in [0.05, 0.1) is 17.6 Å². The molecule has 3 N–H and O–H groups in total. The molecule has 0 unspecified atom stereocenters. The number of aromatic carboxylic acids is 1. The number of hydrogen-bond donors (Lipinski definition) is 3. The van der Waals surface area contributed by atoms with E-state index in [1.807, 2.05) is 48.5 Å². The number of nitrogens with zero attached hydrogens (tertiary/aromatic N) is 1. The van der Waals surface area contributed by atoms with E-state index >= 15 is 0 Å². The number of anilines is 2. The third-order valence-electron chi connectivity index (χ3n) is 5.76. The molecule has 0 saturated carbocycles. The van der Waals surface area contributed by atoms with Crippen LogP contribution in [0.15, 0.2) is 65.3 Å². The number of fused-ring (bicyclic) bond motifs is 3. The molecule has 176 valence electrons. The highest BCUT2D eigenvalue weighted by Crippen LogP contribution is 2.44. The number of amides is 2. The van der Waals surface area contributed by atoms with Crippen LogP contribution in [0.2, 0.25) is 0 Å². The van der Waals surface area contributed by atoms with Gasteiger partial charge in [0.25, 0.3) is 5.91 Å². The zero-order chi connectivity index (χ0) is 24.5. The van der Waals surface area contributed by atoms with Crippen molar-refractivity contribution in [2.75, 3.05) is 17.2 Å². The van der Waals surface area contributed by atoms with Crippen LogP contribution in [-0.4, -0.2) is 34.1 Å². The van der Waals surface area contributed by atoms with Crippen molar-refractivity contribution in [2.45, 2.75) is 12.8 Å². The molecule has 5 rings (SSSR count). The fourth-order valence-corrected chi connectivity index (χ4v) is 4.98. The van der Waals surface area contributed by atoms with E-state index in [-0.39, 0.29) is 40.2 Å². The molecule has 2 aromatic carbocycles. The molecule has 1 aliphatic carbocycles. The molecule has 0 atom stereocenters. The van der Waals surface area contributed by atoms with Crippen LogP contribution in [0.25, 0.3) is 11.1 Å². The molecule has 0 spiro atoms. The van der Waals surface area contributed by atoms with E-state index in [4.69, 9.17) is 9.15 Å². The SMILES string of the molecule is Cc1nsc(NC(=O)c2occc2NC(=O)OCC2c3ccccc3-c3ccccc32)c1C(=O)O. The molecule has 2 amide bonds. The van der Waals surface area contributed by atoms with Crippen molar-refractivity contribution in [3.63, 3.8) is 0 Å². The number of carboxylic acid groups (broad SMARTS) is 1. The Kier molecular flexibility index (Phi) is 5.79. The highest BCUT2D eigenvalue weighted by atomic mass is 32.1. The second kappa shape index (κ2) is 9.07. The summed E-state index contributed by atoms with van der Waals surface area (Å²) in [6.45, 7) is 1.65. The summed E-state index contributed by atoms with van der Waals surface area (Å²) in [6.07, 6.45) is 0.492. The van der Waals surface area contributed by atoms with Crippen LogP contribution in [0.3, 0.4) is 0 Å². The molecule has 1 aliphatic rings. The van der Waals surface area contributed by atoms with Crippen LogP contribution < -0.4 is 10.6 Å². The minimum Gasteiger partial charge on any atom is -0.478 e. The molecule has 2 heterocycles. The fourth-order valence-electron chi connectivity index (χ4n) is 4.19. The maximum absolute atomic E-state index is 12.7. The number of hydrogen-bond acceptors (Lipinski definition) is 7. The maximum Gasteiger partial charge on any atom is 0.411 e. The van der Waals surface area contributed by atoms with Crippen molar-refractivity contribution >= 4 is 40.2 Å². The Morgan fingerprint density at radius 1 is 1.03 bits per heavy atom. The first-order valence-corrected chi connectivity index (χ1v) is 11.4. The molecule has 0 saturated heterocycles. The highest BCUT2D eigenvalue weighted by Gasteiger charge is 2.29. The number of aryl methyl sites for hydroxylation is 1. The van der Waals surface area contributed by atoms with Crippen LogP contribution >= 0.6 is 11.5 Å². The number of benzene rings is 2. The predicted octanol–water partition coefficient (Wildman–Crippen LogP) is 5.36. The summed E-state index contributed by atoms with van der Waals surface area (Å²) in [5, 5.41) is 14.4. The van der Waals surface area contributed by atoms with E-state index in [1.54, 1.807) is 0 Å². The van der Waals surface area contributed by atoms with Crippen molar-refractivity contribution in [1.29, 1.82) is 0 Å². The molecule has 4 aromatic rings. The van der Waals surface area contributed by atoms with Gasteiger partial charge in [-0.2, -0.15) is 4.37 Å². The van der Waals surface area contributed by atoms with Gasteiger partial charge in [-0.25, -0.2) is 9.59 Å². The van der Waals surface area contributed by atoms with Gasteiger partial charge >= 0.3 is 12.1 Å².